The predicted molar refractivity (Wildman–Crippen MR) is 66.0 cm³/mol. The highest BCUT2D eigenvalue weighted by atomic mass is 79.9. The van der Waals surface area contributed by atoms with Gasteiger partial charge < -0.3 is 10.0 Å². The number of aliphatic hydroxyl groups is 1. The molecule has 0 aromatic carbocycles. The first-order valence-corrected chi connectivity index (χ1v) is 6.76. The van der Waals surface area contributed by atoms with Gasteiger partial charge in [0.25, 0.3) is 0 Å². The summed E-state index contributed by atoms with van der Waals surface area (Å²) in [6.07, 6.45) is 2.23. The van der Waals surface area contributed by atoms with Gasteiger partial charge in [0.1, 0.15) is 0 Å². The number of hydrogen-bond acceptors (Lipinski definition) is 2. The summed E-state index contributed by atoms with van der Waals surface area (Å²) in [7, 11) is 0. The minimum absolute atomic E-state index is 0.232. The number of halogens is 1. The van der Waals surface area contributed by atoms with E-state index in [1.165, 1.54) is 12.8 Å². The van der Waals surface area contributed by atoms with E-state index in [1.807, 2.05) is 0 Å². The molecule has 0 aromatic heterocycles. The van der Waals surface area contributed by atoms with Gasteiger partial charge in [0.15, 0.2) is 0 Å². The molecule has 0 aromatic rings. The van der Waals surface area contributed by atoms with E-state index in [9.17, 15) is 5.11 Å². The summed E-state index contributed by atoms with van der Waals surface area (Å²) < 4.78 is 0. The SMILES string of the molecule is CCC(CC)CN(CC)CC(O)CBr. The van der Waals surface area contributed by atoms with Crippen molar-refractivity contribution in [2.45, 2.75) is 39.7 Å². The van der Waals surface area contributed by atoms with Crippen LogP contribution >= 0.6 is 15.9 Å². The molecule has 0 amide bonds. The molecule has 3 heteroatoms. The van der Waals surface area contributed by atoms with Crippen LogP contribution in [0.4, 0.5) is 0 Å². The summed E-state index contributed by atoms with van der Waals surface area (Å²) >= 11 is 3.30. The Morgan fingerprint density at radius 1 is 1.14 bits per heavy atom. The number of aliphatic hydroxyl groups excluding tert-OH is 1. The van der Waals surface area contributed by atoms with E-state index in [0.717, 1.165) is 25.6 Å². The topological polar surface area (TPSA) is 23.5 Å². The van der Waals surface area contributed by atoms with E-state index < -0.39 is 0 Å². The van der Waals surface area contributed by atoms with Gasteiger partial charge in [-0.25, -0.2) is 0 Å². The van der Waals surface area contributed by atoms with Crippen molar-refractivity contribution in [2.24, 2.45) is 5.92 Å². The molecule has 0 fully saturated rings. The summed E-state index contributed by atoms with van der Waals surface area (Å²) in [4.78, 5) is 2.34. The molecule has 1 atom stereocenters. The zero-order chi connectivity index (χ0) is 11.0. The summed E-state index contributed by atoms with van der Waals surface area (Å²) in [5.41, 5.74) is 0. The molecule has 0 aliphatic rings. The van der Waals surface area contributed by atoms with E-state index in [1.54, 1.807) is 0 Å². The number of rotatable bonds is 8. The van der Waals surface area contributed by atoms with Crippen LogP contribution in [-0.2, 0) is 0 Å². The van der Waals surface area contributed by atoms with Crippen molar-refractivity contribution in [3.63, 3.8) is 0 Å². The molecule has 0 aliphatic heterocycles. The van der Waals surface area contributed by atoms with Crippen molar-refractivity contribution in [3.05, 3.63) is 0 Å². The van der Waals surface area contributed by atoms with E-state index in [0.29, 0.717) is 5.33 Å². The standard InChI is InChI=1S/C11H24BrNO/c1-4-10(5-2)8-13(6-3)9-11(14)7-12/h10-11,14H,4-9H2,1-3H3. The molecule has 0 heterocycles. The van der Waals surface area contributed by atoms with Gasteiger partial charge in [-0.2, -0.15) is 0 Å². The second-order valence-corrected chi connectivity index (χ2v) is 4.49. The highest BCUT2D eigenvalue weighted by Gasteiger charge is 2.12. The normalized spacial score (nSPS) is 13.9. The molecular formula is C11H24BrNO. The van der Waals surface area contributed by atoms with Crippen molar-refractivity contribution in [2.75, 3.05) is 25.0 Å². The third-order valence-electron chi connectivity index (χ3n) is 2.77. The van der Waals surface area contributed by atoms with Crippen LogP contribution in [0.1, 0.15) is 33.6 Å². The van der Waals surface area contributed by atoms with Crippen LogP contribution in [-0.4, -0.2) is 41.1 Å². The van der Waals surface area contributed by atoms with Crippen molar-refractivity contribution in [1.29, 1.82) is 0 Å². The summed E-state index contributed by atoms with van der Waals surface area (Å²) in [6, 6.07) is 0. The van der Waals surface area contributed by atoms with E-state index in [4.69, 9.17) is 0 Å². The second kappa shape index (κ2) is 8.69. The highest BCUT2D eigenvalue weighted by Crippen LogP contribution is 2.10. The third-order valence-corrected chi connectivity index (χ3v) is 3.51. The Hall–Kier alpha value is 0.400. The summed E-state index contributed by atoms with van der Waals surface area (Å²) in [6.45, 7) is 9.57. The van der Waals surface area contributed by atoms with Gasteiger partial charge in [-0.15, -0.1) is 0 Å². The molecular weight excluding hydrogens is 242 g/mol. The first-order chi connectivity index (χ1) is 6.67. The lowest BCUT2D eigenvalue weighted by Gasteiger charge is -2.26. The van der Waals surface area contributed by atoms with Crippen LogP contribution in [0, 0.1) is 5.92 Å². The van der Waals surface area contributed by atoms with Crippen molar-refractivity contribution in [1.82, 2.24) is 4.90 Å². The van der Waals surface area contributed by atoms with E-state index >= 15 is 0 Å². The Kier molecular flexibility index (Phi) is 8.94. The molecule has 0 radical (unpaired) electrons. The molecule has 0 spiro atoms. The van der Waals surface area contributed by atoms with Crippen LogP contribution < -0.4 is 0 Å². The van der Waals surface area contributed by atoms with Crippen LogP contribution in [0.5, 0.6) is 0 Å². The van der Waals surface area contributed by atoms with Gasteiger partial charge in [0.05, 0.1) is 6.10 Å². The Balaban J connectivity index is 3.88. The fraction of sp³-hybridized carbons (Fsp3) is 1.00. The van der Waals surface area contributed by atoms with E-state index in [-0.39, 0.29) is 6.10 Å². The van der Waals surface area contributed by atoms with Crippen molar-refractivity contribution >= 4 is 15.9 Å². The quantitative estimate of drug-likeness (QED) is 0.682. The Labute approximate surface area is 96.8 Å². The van der Waals surface area contributed by atoms with Crippen LogP contribution in [0.15, 0.2) is 0 Å². The largest absolute Gasteiger partial charge is 0.391 e. The third kappa shape index (κ3) is 5.99. The maximum absolute atomic E-state index is 9.53. The molecule has 1 N–H and O–H groups in total. The molecule has 2 nitrogen and oxygen atoms in total. The van der Waals surface area contributed by atoms with Crippen molar-refractivity contribution in [3.8, 4) is 0 Å². The second-order valence-electron chi connectivity index (χ2n) is 3.84. The monoisotopic (exact) mass is 265 g/mol. The fourth-order valence-electron chi connectivity index (χ4n) is 1.59. The smallest absolute Gasteiger partial charge is 0.0763 e. The lowest BCUT2D eigenvalue weighted by Crippen LogP contribution is -2.36. The van der Waals surface area contributed by atoms with Crippen LogP contribution in [0.3, 0.4) is 0 Å². The highest BCUT2D eigenvalue weighted by molar-refractivity contribution is 9.09. The van der Waals surface area contributed by atoms with Gasteiger partial charge in [-0.1, -0.05) is 49.5 Å². The fourth-order valence-corrected chi connectivity index (χ4v) is 1.80. The van der Waals surface area contributed by atoms with Crippen LogP contribution in [0.25, 0.3) is 0 Å². The number of nitrogens with zero attached hydrogens (tertiary/aromatic N) is 1. The molecule has 0 aliphatic carbocycles. The molecule has 0 bridgehead atoms. The minimum Gasteiger partial charge on any atom is -0.391 e. The Bertz CT molecular complexity index is 128. The average molecular weight is 266 g/mol. The maximum Gasteiger partial charge on any atom is 0.0763 e. The average Bonchev–Trinajstić information content (AvgIpc) is 2.23. The van der Waals surface area contributed by atoms with Gasteiger partial charge in [0.2, 0.25) is 0 Å². The number of hydrogen-bond donors (Lipinski definition) is 1. The lowest BCUT2D eigenvalue weighted by molar-refractivity contribution is 0.121. The first-order valence-electron chi connectivity index (χ1n) is 5.64. The number of likely N-dealkylation sites (N-methyl/N-ethyl adjacent to an activating group) is 1. The van der Waals surface area contributed by atoms with Gasteiger partial charge >= 0.3 is 0 Å². The van der Waals surface area contributed by atoms with Gasteiger partial charge in [-0.05, 0) is 12.5 Å². The molecule has 86 valence electrons. The maximum atomic E-state index is 9.53. The first kappa shape index (κ1) is 14.4. The van der Waals surface area contributed by atoms with Gasteiger partial charge in [0, 0.05) is 18.4 Å². The summed E-state index contributed by atoms with van der Waals surface area (Å²) in [5.74, 6) is 0.775. The lowest BCUT2D eigenvalue weighted by atomic mass is 10.0. The predicted octanol–water partition coefficient (Wildman–Crippen LogP) is 2.50. The minimum atomic E-state index is -0.232. The molecule has 0 rings (SSSR count). The Morgan fingerprint density at radius 2 is 1.71 bits per heavy atom. The van der Waals surface area contributed by atoms with Crippen molar-refractivity contribution < 1.29 is 5.11 Å². The molecule has 0 saturated carbocycles. The van der Waals surface area contributed by atoms with E-state index in [2.05, 4.69) is 41.6 Å². The zero-order valence-corrected chi connectivity index (χ0v) is 11.3. The molecule has 1 unspecified atom stereocenters. The van der Waals surface area contributed by atoms with Gasteiger partial charge in [-0.3, -0.25) is 0 Å². The Morgan fingerprint density at radius 3 is 2.07 bits per heavy atom. The molecule has 0 saturated heterocycles. The molecule has 14 heavy (non-hydrogen) atoms. The summed E-state index contributed by atoms with van der Waals surface area (Å²) in [5, 5.41) is 10.2. The van der Waals surface area contributed by atoms with Crippen LogP contribution in [0.2, 0.25) is 0 Å². The zero-order valence-electron chi connectivity index (χ0n) is 9.67. The number of alkyl halides is 1.